The highest BCUT2D eigenvalue weighted by atomic mass is 35.5. The van der Waals surface area contributed by atoms with Crippen LogP contribution in [0.2, 0.25) is 5.02 Å². The number of hydrogen-bond donors (Lipinski definition) is 1. The van der Waals surface area contributed by atoms with Crippen LogP contribution in [-0.2, 0) is 4.74 Å². The van der Waals surface area contributed by atoms with Gasteiger partial charge in [-0.05, 0) is 32.0 Å². The van der Waals surface area contributed by atoms with Crippen LogP contribution >= 0.6 is 24.2 Å². The first kappa shape index (κ1) is 13.7. The molecular weight excluding hydrogens is 270 g/mol. The third-order valence-corrected chi connectivity index (χ3v) is 3.66. The number of benzene rings is 1. The first-order valence-corrected chi connectivity index (χ1v) is 6.72. The highest BCUT2D eigenvalue weighted by Crippen LogP contribution is 2.23. The van der Waals surface area contributed by atoms with Gasteiger partial charge in [0.25, 0.3) is 5.91 Å². The second kappa shape index (κ2) is 5.51. The minimum Gasteiger partial charge on any atom is -0.375 e. The van der Waals surface area contributed by atoms with Gasteiger partial charge >= 0.3 is 0 Å². The van der Waals surface area contributed by atoms with Crippen molar-refractivity contribution in [3.05, 3.63) is 28.8 Å². The predicted octanol–water partition coefficient (Wildman–Crippen LogP) is 2.88. The summed E-state index contributed by atoms with van der Waals surface area (Å²) < 4.78 is 5.52. The lowest BCUT2D eigenvalue weighted by molar-refractivity contribution is -0.0387. The first-order valence-electron chi connectivity index (χ1n) is 5.90. The van der Waals surface area contributed by atoms with Gasteiger partial charge in [-0.2, -0.15) is 0 Å². The molecule has 1 aliphatic heterocycles. The Labute approximate surface area is 117 Å². The van der Waals surface area contributed by atoms with Crippen molar-refractivity contribution in [3.63, 3.8) is 0 Å². The van der Waals surface area contributed by atoms with E-state index in [9.17, 15) is 4.79 Å². The van der Waals surface area contributed by atoms with Crippen LogP contribution < -0.4 is 0 Å². The zero-order chi connectivity index (χ0) is 13.3. The number of nitrogens with zero attached hydrogens (tertiary/aromatic N) is 1. The summed E-state index contributed by atoms with van der Waals surface area (Å²) in [7, 11) is 0. The summed E-state index contributed by atoms with van der Waals surface area (Å²) in [5.41, 5.74) is 0.505. The molecule has 0 spiro atoms. The highest BCUT2D eigenvalue weighted by molar-refractivity contribution is 7.80. The third kappa shape index (κ3) is 2.82. The topological polar surface area (TPSA) is 29.5 Å². The Balaban J connectivity index is 2.27. The minimum absolute atomic E-state index is 0.0569. The smallest absolute Gasteiger partial charge is 0.255 e. The molecule has 1 aromatic carbocycles. The van der Waals surface area contributed by atoms with Gasteiger partial charge in [-0.3, -0.25) is 4.79 Å². The summed E-state index contributed by atoms with van der Waals surface area (Å²) in [5, 5.41) is 0.462. The lowest BCUT2D eigenvalue weighted by Gasteiger charge is -2.37. The van der Waals surface area contributed by atoms with Crippen molar-refractivity contribution in [1.82, 2.24) is 4.90 Å². The Kier molecular flexibility index (Phi) is 4.20. The van der Waals surface area contributed by atoms with Gasteiger partial charge in [0.2, 0.25) is 0 Å². The maximum atomic E-state index is 12.5. The van der Waals surface area contributed by atoms with Crippen LogP contribution in [0.25, 0.3) is 0 Å². The van der Waals surface area contributed by atoms with Gasteiger partial charge in [-0.1, -0.05) is 11.6 Å². The van der Waals surface area contributed by atoms with Crippen molar-refractivity contribution < 1.29 is 9.53 Å². The number of morpholine rings is 1. The largest absolute Gasteiger partial charge is 0.375 e. The molecule has 1 heterocycles. The Morgan fingerprint density at radius 3 is 2.94 bits per heavy atom. The minimum atomic E-state index is -0.0569. The van der Waals surface area contributed by atoms with Crippen molar-refractivity contribution in [2.24, 2.45) is 0 Å². The van der Waals surface area contributed by atoms with Crippen molar-refractivity contribution in [2.45, 2.75) is 30.9 Å². The number of halogens is 1. The van der Waals surface area contributed by atoms with Crippen LogP contribution in [0.15, 0.2) is 23.1 Å². The average molecular weight is 286 g/mol. The van der Waals surface area contributed by atoms with E-state index < -0.39 is 0 Å². The van der Waals surface area contributed by atoms with E-state index in [1.807, 2.05) is 18.7 Å². The molecule has 0 aromatic heterocycles. The number of amides is 1. The Morgan fingerprint density at radius 2 is 2.22 bits per heavy atom. The van der Waals surface area contributed by atoms with E-state index in [1.165, 1.54) is 0 Å². The molecule has 18 heavy (non-hydrogen) atoms. The molecule has 0 saturated carbocycles. The molecule has 3 nitrogen and oxygen atoms in total. The van der Waals surface area contributed by atoms with Crippen LogP contribution in [0.1, 0.15) is 24.2 Å². The summed E-state index contributed by atoms with van der Waals surface area (Å²) in [4.78, 5) is 15.0. The number of carbonyl (C=O) groups excluding carboxylic acids is 1. The molecule has 1 amide bonds. The Hall–Kier alpha value is -0.710. The van der Waals surface area contributed by atoms with Crippen molar-refractivity contribution in [2.75, 3.05) is 13.2 Å². The van der Waals surface area contributed by atoms with E-state index in [2.05, 4.69) is 12.6 Å². The summed E-state index contributed by atoms with van der Waals surface area (Å²) in [6, 6.07) is 5.24. The molecule has 0 N–H and O–H groups in total. The molecule has 2 rings (SSSR count). The summed E-state index contributed by atoms with van der Waals surface area (Å²) >= 11 is 10.3. The Morgan fingerprint density at radius 1 is 1.50 bits per heavy atom. The quantitative estimate of drug-likeness (QED) is 0.804. The van der Waals surface area contributed by atoms with Gasteiger partial charge in [-0.25, -0.2) is 0 Å². The molecule has 5 heteroatoms. The highest BCUT2D eigenvalue weighted by Gasteiger charge is 2.29. The molecule has 1 saturated heterocycles. The van der Waals surface area contributed by atoms with Crippen LogP contribution in [0.3, 0.4) is 0 Å². The summed E-state index contributed by atoms with van der Waals surface area (Å²) in [6.07, 6.45) is 0.0584. The zero-order valence-electron chi connectivity index (χ0n) is 10.4. The lowest BCUT2D eigenvalue weighted by Crippen LogP contribution is -2.50. The summed E-state index contributed by atoms with van der Waals surface area (Å²) in [5.74, 6) is -0.0569. The molecule has 1 fully saturated rings. The molecular formula is C13H16ClNO2S. The fourth-order valence-electron chi connectivity index (χ4n) is 2.02. The van der Waals surface area contributed by atoms with Crippen LogP contribution in [0.5, 0.6) is 0 Å². The molecule has 0 bridgehead atoms. The van der Waals surface area contributed by atoms with Crippen molar-refractivity contribution >= 4 is 30.1 Å². The number of carbonyl (C=O) groups is 1. The van der Waals surface area contributed by atoms with Crippen molar-refractivity contribution in [1.29, 1.82) is 0 Å². The predicted molar refractivity (Wildman–Crippen MR) is 74.6 cm³/mol. The maximum Gasteiger partial charge on any atom is 0.255 e. The monoisotopic (exact) mass is 285 g/mol. The Bertz CT molecular complexity index is 466. The average Bonchev–Trinajstić information content (AvgIpc) is 2.34. The van der Waals surface area contributed by atoms with E-state index in [1.54, 1.807) is 18.2 Å². The van der Waals surface area contributed by atoms with Gasteiger partial charge in [0.15, 0.2) is 0 Å². The fraction of sp³-hybridized carbons (Fsp3) is 0.462. The first-order chi connectivity index (χ1) is 8.49. The van der Waals surface area contributed by atoms with E-state index in [0.29, 0.717) is 23.7 Å². The standard InChI is InChI=1S/C13H16ClNO2S/c1-8-7-17-9(2)6-15(8)13(16)11-5-10(18)3-4-12(11)14/h3-5,8-9,18H,6-7H2,1-2H3. The van der Waals surface area contributed by atoms with Gasteiger partial charge in [0.05, 0.1) is 29.3 Å². The van der Waals surface area contributed by atoms with Crippen LogP contribution in [0.4, 0.5) is 0 Å². The van der Waals surface area contributed by atoms with Crippen molar-refractivity contribution in [3.8, 4) is 0 Å². The van der Waals surface area contributed by atoms with Crippen LogP contribution in [0, 0.1) is 0 Å². The second-order valence-corrected chi connectivity index (χ2v) is 5.54. The van der Waals surface area contributed by atoms with E-state index in [-0.39, 0.29) is 18.1 Å². The molecule has 98 valence electrons. The fourth-order valence-corrected chi connectivity index (χ4v) is 2.42. The van der Waals surface area contributed by atoms with Gasteiger partial charge in [0.1, 0.15) is 0 Å². The molecule has 0 radical (unpaired) electrons. The number of hydrogen-bond acceptors (Lipinski definition) is 3. The van der Waals surface area contributed by atoms with E-state index in [4.69, 9.17) is 16.3 Å². The maximum absolute atomic E-state index is 12.5. The zero-order valence-corrected chi connectivity index (χ0v) is 12.0. The SMILES string of the molecule is CC1CN(C(=O)c2cc(S)ccc2Cl)C(C)CO1. The van der Waals surface area contributed by atoms with E-state index in [0.717, 1.165) is 4.90 Å². The van der Waals surface area contributed by atoms with E-state index >= 15 is 0 Å². The number of ether oxygens (including phenoxy) is 1. The molecule has 0 aliphatic carbocycles. The molecule has 2 unspecified atom stereocenters. The second-order valence-electron chi connectivity index (χ2n) is 4.61. The van der Waals surface area contributed by atoms with Crippen LogP contribution in [-0.4, -0.2) is 36.1 Å². The van der Waals surface area contributed by atoms with Gasteiger partial charge in [-0.15, -0.1) is 12.6 Å². The van der Waals surface area contributed by atoms with Gasteiger partial charge < -0.3 is 9.64 Å². The molecule has 1 aliphatic rings. The summed E-state index contributed by atoms with van der Waals surface area (Å²) in [6.45, 7) is 5.09. The normalized spacial score (nSPS) is 24.1. The third-order valence-electron chi connectivity index (χ3n) is 3.05. The molecule has 1 aromatic rings. The number of rotatable bonds is 1. The lowest BCUT2D eigenvalue weighted by atomic mass is 10.1. The number of thiol groups is 1. The van der Waals surface area contributed by atoms with Gasteiger partial charge in [0, 0.05) is 11.4 Å². The molecule has 2 atom stereocenters.